The summed E-state index contributed by atoms with van der Waals surface area (Å²) in [6.07, 6.45) is -3.04. The highest BCUT2D eigenvalue weighted by atomic mass is 32.2. The van der Waals surface area contributed by atoms with Gasteiger partial charge in [0.25, 0.3) is 5.91 Å². The monoisotopic (exact) mass is 523 g/mol. The van der Waals surface area contributed by atoms with Gasteiger partial charge in [-0.3, -0.25) is 14.4 Å². The van der Waals surface area contributed by atoms with Gasteiger partial charge in [-0.25, -0.2) is 0 Å². The maximum Gasteiger partial charge on any atom is 0.416 e. The number of carbonyl (C=O) groups is 4. The van der Waals surface area contributed by atoms with Crippen LogP contribution in [0.25, 0.3) is 0 Å². The first-order chi connectivity index (χ1) is 17.0. The number of aldehydes is 1. The molecule has 0 aliphatic heterocycles. The maximum absolute atomic E-state index is 13.0. The van der Waals surface area contributed by atoms with E-state index in [2.05, 4.69) is 16.0 Å². The van der Waals surface area contributed by atoms with Crippen molar-refractivity contribution in [2.75, 3.05) is 5.75 Å². The minimum absolute atomic E-state index is 0.0542. The van der Waals surface area contributed by atoms with E-state index in [0.29, 0.717) is 12.0 Å². The number of benzene rings is 2. The Morgan fingerprint density at radius 2 is 1.58 bits per heavy atom. The van der Waals surface area contributed by atoms with Gasteiger partial charge in [-0.2, -0.15) is 13.2 Å². The van der Waals surface area contributed by atoms with Crippen LogP contribution in [0.3, 0.4) is 0 Å². The fourth-order valence-electron chi connectivity index (χ4n) is 3.12. The summed E-state index contributed by atoms with van der Waals surface area (Å²) in [6.45, 7) is 3.38. The average Bonchev–Trinajstić information content (AvgIpc) is 2.86. The summed E-state index contributed by atoms with van der Waals surface area (Å²) in [5, 5.41) is 6.86. The number of nitrogens with one attached hydrogen (secondary N) is 3. The zero-order chi connectivity index (χ0) is 26.7. The molecule has 11 heteroatoms. The van der Waals surface area contributed by atoms with Gasteiger partial charge in [-0.15, -0.1) is 11.8 Å². The minimum atomic E-state index is -4.54. The maximum atomic E-state index is 13.0. The predicted octanol–water partition coefficient (Wildman–Crippen LogP) is 3.34. The van der Waals surface area contributed by atoms with Gasteiger partial charge >= 0.3 is 6.18 Å². The molecular weight excluding hydrogens is 495 g/mol. The van der Waals surface area contributed by atoms with Crippen molar-refractivity contribution < 1.29 is 32.3 Å². The standard InChI is InChI=1S/C25H28F3N3O4S/c1-3-13-36-21(15-32)31-22(33)16(2)29-24(35)20(14-17-7-5-4-6-8-17)30-23(34)18-9-11-19(12-10-18)25(26,27)28/h4-12,15-16,20-21H,3,13-14H2,1-2H3,(H,29,35)(H,30,34)(H,31,33)/t16-,20-,21?/m0/s1. The number of rotatable bonds is 12. The van der Waals surface area contributed by atoms with Crippen molar-refractivity contribution in [1.29, 1.82) is 0 Å². The van der Waals surface area contributed by atoms with Crippen molar-refractivity contribution in [3.8, 4) is 0 Å². The third-order valence-corrected chi connectivity index (χ3v) is 6.27. The highest BCUT2D eigenvalue weighted by Gasteiger charge is 2.31. The van der Waals surface area contributed by atoms with E-state index in [1.54, 1.807) is 30.3 Å². The number of thioether (sulfide) groups is 1. The fourth-order valence-corrected chi connectivity index (χ4v) is 3.88. The molecule has 2 aromatic carbocycles. The molecule has 0 saturated carbocycles. The van der Waals surface area contributed by atoms with E-state index < -0.39 is 46.9 Å². The van der Waals surface area contributed by atoms with E-state index in [0.717, 1.165) is 36.2 Å². The van der Waals surface area contributed by atoms with Gasteiger partial charge in [0.05, 0.1) is 5.56 Å². The molecule has 0 saturated heterocycles. The molecule has 36 heavy (non-hydrogen) atoms. The molecule has 0 aromatic heterocycles. The summed E-state index contributed by atoms with van der Waals surface area (Å²) >= 11 is 1.26. The molecule has 0 aliphatic carbocycles. The third-order valence-electron chi connectivity index (χ3n) is 5.04. The van der Waals surface area contributed by atoms with Crippen LogP contribution < -0.4 is 16.0 Å². The van der Waals surface area contributed by atoms with Crippen LogP contribution in [-0.2, 0) is 27.0 Å². The van der Waals surface area contributed by atoms with Crippen molar-refractivity contribution in [1.82, 2.24) is 16.0 Å². The number of amides is 3. The summed E-state index contributed by atoms with van der Waals surface area (Å²) in [4.78, 5) is 49.4. The van der Waals surface area contributed by atoms with Crippen molar-refractivity contribution in [2.24, 2.45) is 0 Å². The molecule has 3 N–H and O–H groups in total. The molecule has 2 rings (SSSR count). The van der Waals surface area contributed by atoms with E-state index in [1.807, 2.05) is 6.92 Å². The largest absolute Gasteiger partial charge is 0.416 e. The number of hydrogen-bond donors (Lipinski definition) is 3. The summed E-state index contributed by atoms with van der Waals surface area (Å²) in [5.74, 6) is -1.31. The Bertz CT molecular complexity index is 1030. The molecule has 2 aromatic rings. The van der Waals surface area contributed by atoms with Gasteiger partial charge in [0.1, 0.15) is 17.5 Å². The molecule has 0 heterocycles. The Balaban J connectivity index is 2.12. The number of alkyl halides is 3. The smallest absolute Gasteiger partial charge is 0.343 e. The van der Waals surface area contributed by atoms with Crippen molar-refractivity contribution in [3.63, 3.8) is 0 Å². The molecule has 0 aliphatic rings. The lowest BCUT2D eigenvalue weighted by Crippen LogP contribution is -2.54. The van der Waals surface area contributed by atoms with E-state index in [1.165, 1.54) is 18.7 Å². The zero-order valence-corrected chi connectivity index (χ0v) is 20.6. The predicted molar refractivity (Wildman–Crippen MR) is 131 cm³/mol. The second-order valence-electron chi connectivity index (χ2n) is 7.96. The first kappa shape index (κ1) is 28.9. The first-order valence-electron chi connectivity index (χ1n) is 11.2. The number of halogens is 3. The minimum Gasteiger partial charge on any atom is -0.343 e. The number of hydrogen-bond acceptors (Lipinski definition) is 5. The van der Waals surface area contributed by atoms with Gasteiger partial charge < -0.3 is 20.7 Å². The fraction of sp³-hybridized carbons (Fsp3) is 0.360. The molecule has 3 atom stereocenters. The molecule has 0 bridgehead atoms. The molecule has 3 amide bonds. The van der Waals surface area contributed by atoms with Crippen molar-refractivity contribution in [2.45, 2.75) is 50.3 Å². The summed E-state index contributed by atoms with van der Waals surface area (Å²) < 4.78 is 38.5. The van der Waals surface area contributed by atoms with Gasteiger partial charge in [0.15, 0.2) is 6.29 Å². The molecule has 0 spiro atoms. The Morgan fingerprint density at radius 3 is 2.14 bits per heavy atom. The van der Waals surface area contributed by atoms with Gasteiger partial charge in [0.2, 0.25) is 11.8 Å². The van der Waals surface area contributed by atoms with Gasteiger partial charge in [0, 0.05) is 12.0 Å². The normalized spacial score (nSPS) is 13.7. The Morgan fingerprint density at radius 1 is 0.944 bits per heavy atom. The Hall–Kier alpha value is -3.34. The van der Waals surface area contributed by atoms with Crippen LogP contribution in [-0.4, -0.2) is 47.2 Å². The van der Waals surface area contributed by atoms with Gasteiger partial charge in [-0.05, 0) is 48.9 Å². The van der Waals surface area contributed by atoms with Gasteiger partial charge in [-0.1, -0.05) is 37.3 Å². The molecule has 0 radical (unpaired) electrons. The lowest BCUT2D eigenvalue weighted by Gasteiger charge is -2.22. The van der Waals surface area contributed by atoms with E-state index in [9.17, 15) is 32.3 Å². The molecular formula is C25H28F3N3O4S. The second-order valence-corrected chi connectivity index (χ2v) is 9.21. The SMILES string of the molecule is CCCSC(C=O)NC(=O)[C@H](C)NC(=O)[C@H](Cc1ccccc1)NC(=O)c1ccc(C(F)(F)F)cc1. The average molecular weight is 524 g/mol. The Kier molecular flexibility index (Phi) is 11.0. The summed E-state index contributed by atoms with van der Waals surface area (Å²) in [7, 11) is 0. The molecule has 0 fully saturated rings. The van der Waals surface area contributed by atoms with E-state index >= 15 is 0 Å². The molecule has 7 nitrogen and oxygen atoms in total. The van der Waals surface area contributed by atoms with Crippen molar-refractivity contribution in [3.05, 3.63) is 71.3 Å². The lowest BCUT2D eigenvalue weighted by molar-refractivity contribution is -0.137. The second kappa shape index (κ2) is 13.7. The zero-order valence-electron chi connectivity index (χ0n) is 19.8. The van der Waals surface area contributed by atoms with Crippen LogP contribution in [0.15, 0.2) is 54.6 Å². The van der Waals surface area contributed by atoms with E-state index in [4.69, 9.17) is 0 Å². The summed E-state index contributed by atoms with van der Waals surface area (Å²) in [5.41, 5.74) is -0.232. The van der Waals surface area contributed by atoms with Crippen molar-refractivity contribution >= 4 is 35.8 Å². The van der Waals surface area contributed by atoms with Crippen LogP contribution in [0, 0.1) is 0 Å². The van der Waals surface area contributed by atoms with Crippen LogP contribution in [0.1, 0.15) is 41.8 Å². The Labute approximate surface area is 211 Å². The van der Waals surface area contributed by atoms with Crippen LogP contribution in [0.4, 0.5) is 13.2 Å². The summed E-state index contributed by atoms with van der Waals surface area (Å²) in [6, 6.07) is 10.3. The highest BCUT2D eigenvalue weighted by molar-refractivity contribution is 8.00. The highest BCUT2D eigenvalue weighted by Crippen LogP contribution is 2.29. The van der Waals surface area contributed by atoms with Crippen LogP contribution in [0.5, 0.6) is 0 Å². The molecule has 1 unspecified atom stereocenters. The lowest BCUT2D eigenvalue weighted by atomic mass is 10.0. The quantitative estimate of drug-likeness (QED) is 0.293. The molecule has 194 valence electrons. The third kappa shape index (κ3) is 9.03. The van der Waals surface area contributed by atoms with Crippen LogP contribution >= 0.6 is 11.8 Å². The first-order valence-corrected chi connectivity index (χ1v) is 12.3. The topological polar surface area (TPSA) is 104 Å². The van der Waals surface area contributed by atoms with Crippen LogP contribution in [0.2, 0.25) is 0 Å². The number of carbonyl (C=O) groups excluding carboxylic acids is 4. The van der Waals surface area contributed by atoms with E-state index in [-0.39, 0.29) is 12.0 Å².